The number of fused-ring (bicyclic) bond motifs is 3. The molecular weight excluding hydrogens is 288 g/mol. The number of aliphatic hydroxyl groups is 1. The van der Waals surface area contributed by atoms with Crippen LogP contribution in [-0.2, 0) is 4.79 Å². The molecule has 1 spiro atoms. The standard InChI is InChI=1S/C20H30O3/c1-13-11-19-9-5-14-17(2,7-4-8-18(14,3)16(21)22)15(19)6-10-20(13,23)12-19/h14-15,23H,1,4-12H2,2-3H3,(H,21,22)/t14?,15?,17-,18-,19-,20?/m1/s1. The molecular formula is C20H30O3. The smallest absolute Gasteiger partial charge is 0.309 e. The lowest BCUT2D eigenvalue weighted by Gasteiger charge is -2.63. The Morgan fingerprint density at radius 2 is 1.83 bits per heavy atom. The summed E-state index contributed by atoms with van der Waals surface area (Å²) >= 11 is 0. The van der Waals surface area contributed by atoms with E-state index in [4.69, 9.17) is 0 Å². The summed E-state index contributed by atoms with van der Waals surface area (Å²) in [6.45, 7) is 8.55. The van der Waals surface area contributed by atoms with Crippen LogP contribution >= 0.6 is 0 Å². The van der Waals surface area contributed by atoms with Gasteiger partial charge in [0.2, 0.25) is 0 Å². The Bertz CT molecular complexity index is 583. The third kappa shape index (κ3) is 1.78. The van der Waals surface area contributed by atoms with Crippen molar-refractivity contribution in [3.05, 3.63) is 12.2 Å². The second kappa shape index (κ2) is 4.41. The molecule has 4 rings (SSSR count). The van der Waals surface area contributed by atoms with Crippen molar-refractivity contribution < 1.29 is 15.0 Å². The summed E-state index contributed by atoms with van der Waals surface area (Å²) in [6.07, 6.45) is 8.75. The maximum absolute atomic E-state index is 12.0. The summed E-state index contributed by atoms with van der Waals surface area (Å²) in [5.74, 6) is 0.219. The van der Waals surface area contributed by atoms with E-state index in [9.17, 15) is 15.0 Å². The summed E-state index contributed by atoms with van der Waals surface area (Å²) in [4.78, 5) is 12.0. The third-order valence-electron chi connectivity index (χ3n) is 8.65. The van der Waals surface area contributed by atoms with Crippen LogP contribution in [0.3, 0.4) is 0 Å². The first kappa shape index (κ1) is 15.7. The number of carbonyl (C=O) groups is 1. The fourth-order valence-electron chi connectivity index (χ4n) is 7.61. The van der Waals surface area contributed by atoms with Crippen LogP contribution in [0.1, 0.15) is 71.6 Å². The molecule has 0 aromatic rings. The van der Waals surface area contributed by atoms with Gasteiger partial charge in [0.15, 0.2) is 0 Å². The molecule has 2 bridgehead atoms. The maximum Gasteiger partial charge on any atom is 0.309 e. The second-order valence-corrected chi connectivity index (χ2v) is 9.62. The highest BCUT2D eigenvalue weighted by molar-refractivity contribution is 5.75. The predicted molar refractivity (Wildman–Crippen MR) is 88.9 cm³/mol. The first-order valence-electron chi connectivity index (χ1n) is 9.30. The molecule has 0 aliphatic heterocycles. The molecule has 0 heterocycles. The molecule has 3 unspecified atom stereocenters. The molecule has 6 atom stereocenters. The van der Waals surface area contributed by atoms with Crippen molar-refractivity contribution in [2.24, 2.45) is 28.1 Å². The molecule has 2 N–H and O–H groups in total. The van der Waals surface area contributed by atoms with Crippen molar-refractivity contribution in [2.45, 2.75) is 77.2 Å². The highest BCUT2D eigenvalue weighted by Gasteiger charge is 2.67. The Morgan fingerprint density at radius 3 is 2.52 bits per heavy atom. The van der Waals surface area contributed by atoms with Crippen LogP contribution < -0.4 is 0 Å². The lowest BCUT2D eigenvalue weighted by molar-refractivity contribution is -0.186. The van der Waals surface area contributed by atoms with Gasteiger partial charge in [0.25, 0.3) is 0 Å². The van der Waals surface area contributed by atoms with E-state index in [1.807, 2.05) is 6.92 Å². The van der Waals surface area contributed by atoms with Gasteiger partial charge in [0.1, 0.15) is 0 Å². The van der Waals surface area contributed by atoms with Gasteiger partial charge in [-0.2, -0.15) is 0 Å². The Hall–Kier alpha value is -0.830. The summed E-state index contributed by atoms with van der Waals surface area (Å²) in [6, 6.07) is 0. The molecule has 4 fully saturated rings. The summed E-state index contributed by atoms with van der Waals surface area (Å²) in [5, 5.41) is 20.8. The van der Waals surface area contributed by atoms with Crippen molar-refractivity contribution in [3.63, 3.8) is 0 Å². The minimum absolute atomic E-state index is 0.107. The number of rotatable bonds is 1. The second-order valence-electron chi connectivity index (χ2n) is 9.62. The molecule has 3 heteroatoms. The van der Waals surface area contributed by atoms with E-state index in [1.54, 1.807) is 0 Å². The van der Waals surface area contributed by atoms with Gasteiger partial charge >= 0.3 is 5.97 Å². The quantitative estimate of drug-likeness (QED) is 0.714. The lowest BCUT2D eigenvalue weighted by atomic mass is 9.41. The average molecular weight is 318 g/mol. The number of carboxylic acids is 1. The van der Waals surface area contributed by atoms with Crippen LogP contribution in [0.5, 0.6) is 0 Å². The Morgan fingerprint density at radius 1 is 1.13 bits per heavy atom. The van der Waals surface area contributed by atoms with Crippen LogP contribution in [0.4, 0.5) is 0 Å². The van der Waals surface area contributed by atoms with Crippen LogP contribution in [0.2, 0.25) is 0 Å². The van der Waals surface area contributed by atoms with Gasteiger partial charge in [-0.15, -0.1) is 0 Å². The Balaban J connectivity index is 1.76. The fraction of sp³-hybridized carbons (Fsp3) is 0.850. The molecule has 0 aromatic heterocycles. The molecule has 23 heavy (non-hydrogen) atoms. The van der Waals surface area contributed by atoms with E-state index in [0.717, 1.165) is 63.4 Å². The van der Waals surface area contributed by atoms with E-state index >= 15 is 0 Å². The van der Waals surface area contributed by atoms with E-state index in [1.165, 1.54) is 0 Å². The minimum atomic E-state index is -0.634. The zero-order chi connectivity index (χ0) is 16.7. The van der Waals surface area contributed by atoms with Gasteiger partial charge in [-0.1, -0.05) is 19.9 Å². The number of aliphatic carboxylic acids is 1. The van der Waals surface area contributed by atoms with Gasteiger partial charge < -0.3 is 10.2 Å². The van der Waals surface area contributed by atoms with Gasteiger partial charge in [-0.3, -0.25) is 4.79 Å². The maximum atomic E-state index is 12.0. The lowest BCUT2D eigenvalue weighted by Crippen LogP contribution is -2.59. The number of hydrogen-bond acceptors (Lipinski definition) is 2. The number of carboxylic acid groups (broad SMARTS) is 1. The molecule has 3 nitrogen and oxygen atoms in total. The summed E-state index contributed by atoms with van der Waals surface area (Å²) < 4.78 is 0. The summed E-state index contributed by atoms with van der Waals surface area (Å²) in [5.41, 5.74) is 0.128. The minimum Gasteiger partial charge on any atom is -0.481 e. The monoisotopic (exact) mass is 318 g/mol. The average Bonchev–Trinajstić information content (AvgIpc) is 2.63. The van der Waals surface area contributed by atoms with Crippen molar-refractivity contribution in [3.8, 4) is 0 Å². The topological polar surface area (TPSA) is 57.5 Å². The first-order chi connectivity index (χ1) is 10.7. The highest BCUT2D eigenvalue weighted by atomic mass is 16.4. The molecule has 0 saturated heterocycles. The van der Waals surface area contributed by atoms with Gasteiger partial charge in [-0.05, 0) is 86.5 Å². The van der Waals surface area contributed by atoms with Crippen LogP contribution in [0, 0.1) is 28.1 Å². The van der Waals surface area contributed by atoms with Gasteiger partial charge in [-0.25, -0.2) is 0 Å². The van der Waals surface area contributed by atoms with E-state index in [-0.39, 0.29) is 16.7 Å². The van der Waals surface area contributed by atoms with E-state index in [0.29, 0.717) is 5.92 Å². The normalized spacial score (nSPS) is 55.2. The van der Waals surface area contributed by atoms with Crippen LogP contribution in [-0.4, -0.2) is 21.8 Å². The molecule has 0 radical (unpaired) electrons. The van der Waals surface area contributed by atoms with Crippen molar-refractivity contribution in [2.75, 3.05) is 0 Å². The third-order valence-corrected chi connectivity index (χ3v) is 8.65. The van der Waals surface area contributed by atoms with E-state index in [2.05, 4.69) is 13.5 Å². The predicted octanol–water partition coefficient (Wildman–Crippen LogP) is 4.16. The van der Waals surface area contributed by atoms with Crippen molar-refractivity contribution in [1.82, 2.24) is 0 Å². The van der Waals surface area contributed by atoms with Crippen molar-refractivity contribution >= 4 is 5.97 Å². The van der Waals surface area contributed by atoms with Crippen molar-refractivity contribution in [1.29, 1.82) is 0 Å². The zero-order valence-corrected chi connectivity index (χ0v) is 14.5. The van der Waals surface area contributed by atoms with Gasteiger partial charge in [0.05, 0.1) is 11.0 Å². The molecule has 128 valence electrons. The van der Waals surface area contributed by atoms with Gasteiger partial charge in [0, 0.05) is 0 Å². The molecule has 0 amide bonds. The Labute approximate surface area is 139 Å². The van der Waals surface area contributed by atoms with Crippen LogP contribution in [0.25, 0.3) is 0 Å². The Kier molecular flexibility index (Phi) is 3.01. The highest BCUT2D eigenvalue weighted by Crippen LogP contribution is 2.72. The molecule has 4 aliphatic carbocycles. The fourth-order valence-corrected chi connectivity index (χ4v) is 7.61. The largest absolute Gasteiger partial charge is 0.481 e. The molecule has 4 saturated carbocycles. The molecule has 0 aromatic carbocycles. The first-order valence-corrected chi connectivity index (χ1v) is 9.30. The van der Waals surface area contributed by atoms with E-state index < -0.39 is 17.0 Å². The number of hydrogen-bond donors (Lipinski definition) is 2. The summed E-state index contributed by atoms with van der Waals surface area (Å²) in [7, 11) is 0. The van der Waals surface area contributed by atoms with Crippen LogP contribution in [0.15, 0.2) is 12.2 Å². The zero-order valence-electron chi connectivity index (χ0n) is 14.5. The SMILES string of the molecule is C=C1C[C@@]23CCC4[C@@](C)(CCC[C@@]4(C)C(=O)O)C2CCC1(O)C3. The molecule has 4 aliphatic rings.